The Morgan fingerprint density at radius 3 is 2.29 bits per heavy atom. The van der Waals surface area contributed by atoms with Crippen molar-refractivity contribution in [2.45, 2.75) is 71.3 Å². The molecule has 1 aromatic carbocycles. The Labute approximate surface area is 131 Å². The van der Waals surface area contributed by atoms with E-state index in [4.69, 9.17) is 0 Å². The molecule has 0 aromatic heterocycles. The Hall–Kier alpha value is -0.820. The van der Waals surface area contributed by atoms with Crippen LogP contribution in [0, 0.1) is 11.8 Å². The molecule has 1 saturated carbocycles. The second-order valence-corrected chi connectivity index (χ2v) is 7.54. The van der Waals surface area contributed by atoms with Gasteiger partial charge in [-0.1, -0.05) is 70.9 Å². The molecule has 118 valence electrons. The van der Waals surface area contributed by atoms with E-state index in [0.717, 1.165) is 18.4 Å². The fourth-order valence-electron chi connectivity index (χ4n) is 3.98. The van der Waals surface area contributed by atoms with Gasteiger partial charge in [0.05, 0.1) is 0 Å². The number of hydrogen-bond donors (Lipinski definition) is 1. The molecule has 21 heavy (non-hydrogen) atoms. The molecule has 0 saturated heterocycles. The maximum absolute atomic E-state index is 3.89. The standard InChI is InChI=1S/C20H33N/c1-5-15-21-19(17-13-11-16(2)12-14-17)20(3,4)18-9-7-6-8-10-18/h6-10,16-17,19,21H,5,11-15H2,1-4H3. The molecule has 1 atom stereocenters. The highest BCUT2D eigenvalue weighted by atomic mass is 14.9. The Balaban J connectivity index is 2.18. The molecule has 1 heteroatoms. The monoisotopic (exact) mass is 287 g/mol. The molecule has 1 nitrogen and oxygen atoms in total. The van der Waals surface area contributed by atoms with Gasteiger partial charge in [0.1, 0.15) is 0 Å². The summed E-state index contributed by atoms with van der Waals surface area (Å²) in [5, 5.41) is 3.89. The van der Waals surface area contributed by atoms with Gasteiger partial charge in [0.2, 0.25) is 0 Å². The SMILES string of the molecule is CCCNC(C1CCC(C)CC1)C(C)(C)c1ccccc1. The van der Waals surface area contributed by atoms with E-state index in [1.807, 2.05) is 0 Å². The molecule has 0 aliphatic heterocycles. The number of benzene rings is 1. The van der Waals surface area contributed by atoms with Crippen LogP contribution in [0.1, 0.15) is 65.4 Å². The molecule has 1 aromatic rings. The van der Waals surface area contributed by atoms with E-state index in [9.17, 15) is 0 Å². The van der Waals surface area contributed by atoms with Crippen LogP contribution in [0.15, 0.2) is 30.3 Å². The molecule has 1 unspecified atom stereocenters. The summed E-state index contributed by atoms with van der Waals surface area (Å²) in [7, 11) is 0. The van der Waals surface area contributed by atoms with E-state index < -0.39 is 0 Å². The third-order valence-electron chi connectivity index (χ3n) is 5.44. The molecule has 1 aliphatic carbocycles. The third kappa shape index (κ3) is 4.10. The van der Waals surface area contributed by atoms with Crippen molar-refractivity contribution in [2.75, 3.05) is 6.54 Å². The van der Waals surface area contributed by atoms with Crippen LogP contribution in [0.5, 0.6) is 0 Å². The van der Waals surface area contributed by atoms with Crippen LogP contribution in [0.3, 0.4) is 0 Å². The Morgan fingerprint density at radius 1 is 1.10 bits per heavy atom. The minimum atomic E-state index is 0.196. The third-order valence-corrected chi connectivity index (χ3v) is 5.44. The van der Waals surface area contributed by atoms with Gasteiger partial charge in [-0.15, -0.1) is 0 Å². The summed E-state index contributed by atoms with van der Waals surface area (Å²) >= 11 is 0. The van der Waals surface area contributed by atoms with Gasteiger partial charge >= 0.3 is 0 Å². The van der Waals surface area contributed by atoms with E-state index in [0.29, 0.717) is 6.04 Å². The average Bonchev–Trinajstić information content (AvgIpc) is 2.50. The van der Waals surface area contributed by atoms with Crippen molar-refractivity contribution in [2.24, 2.45) is 11.8 Å². The first-order chi connectivity index (χ1) is 10.1. The molecule has 1 fully saturated rings. The largest absolute Gasteiger partial charge is 0.313 e. The van der Waals surface area contributed by atoms with Gasteiger partial charge in [-0.2, -0.15) is 0 Å². The van der Waals surface area contributed by atoms with Crippen molar-refractivity contribution in [3.63, 3.8) is 0 Å². The van der Waals surface area contributed by atoms with Crippen molar-refractivity contribution in [3.8, 4) is 0 Å². The first-order valence-corrected chi connectivity index (χ1v) is 8.84. The molecule has 1 N–H and O–H groups in total. The van der Waals surface area contributed by atoms with Gasteiger partial charge in [-0.3, -0.25) is 0 Å². The van der Waals surface area contributed by atoms with Crippen molar-refractivity contribution >= 4 is 0 Å². The summed E-state index contributed by atoms with van der Waals surface area (Å²) in [6, 6.07) is 11.7. The molecule has 0 bridgehead atoms. The quantitative estimate of drug-likeness (QED) is 0.762. The fraction of sp³-hybridized carbons (Fsp3) is 0.700. The molecule has 2 rings (SSSR count). The highest BCUT2D eigenvalue weighted by molar-refractivity contribution is 5.26. The summed E-state index contributed by atoms with van der Waals surface area (Å²) in [5.74, 6) is 1.75. The van der Waals surface area contributed by atoms with Crippen LogP contribution in [-0.4, -0.2) is 12.6 Å². The summed E-state index contributed by atoms with van der Waals surface area (Å²) in [6.07, 6.45) is 6.79. The number of hydrogen-bond acceptors (Lipinski definition) is 1. The minimum absolute atomic E-state index is 0.196. The average molecular weight is 287 g/mol. The smallest absolute Gasteiger partial charge is 0.0187 e. The van der Waals surface area contributed by atoms with E-state index >= 15 is 0 Å². The maximum Gasteiger partial charge on any atom is 0.0187 e. The lowest BCUT2D eigenvalue weighted by Gasteiger charge is -2.43. The second-order valence-electron chi connectivity index (χ2n) is 7.54. The molecule has 0 heterocycles. The maximum atomic E-state index is 3.89. The van der Waals surface area contributed by atoms with Crippen LogP contribution in [0.4, 0.5) is 0 Å². The van der Waals surface area contributed by atoms with Gasteiger partial charge in [-0.25, -0.2) is 0 Å². The van der Waals surface area contributed by atoms with Gasteiger partial charge < -0.3 is 5.32 Å². The molecule has 0 radical (unpaired) electrons. The van der Waals surface area contributed by atoms with Gasteiger partial charge in [0.25, 0.3) is 0 Å². The zero-order valence-electron chi connectivity index (χ0n) is 14.4. The lowest BCUT2D eigenvalue weighted by atomic mass is 9.67. The zero-order chi connectivity index (χ0) is 15.3. The first-order valence-electron chi connectivity index (χ1n) is 8.84. The topological polar surface area (TPSA) is 12.0 Å². The van der Waals surface area contributed by atoms with Gasteiger partial charge in [-0.05, 0) is 43.2 Å². The summed E-state index contributed by atoms with van der Waals surface area (Å²) in [5.41, 5.74) is 1.67. The fourth-order valence-corrected chi connectivity index (χ4v) is 3.98. The predicted molar refractivity (Wildman–Crippen MR) is 92.7 cm³/mol. The molecule has 1 aliphatic rings. The summed E-state index contributed by atoms with van der Waals surface area (Å²) in [4.78, 5) is 0. The highest BCUT2D eigenvalue weighted by Gasteiger charge is 2.37. The highest BCUT2D eigenvalue weighted by Crippen LogP contribution is 2.38. The van der Waals surface area contributed by atoms with Gasteiger partial charge in [0.15, 0.2) is 0 Å². The molecule has 0 spiro atoms. The van der Waals surface area contributed by atoms with Crippen LogP contribution < -0.4 is 5.32 Å². The Bertz CT molecular complexity index is 401. The number of nitrogens with one attached hydrogen (secondary N) is 1. The van der Waals surface area contributed by atoms with E-state index in [-0.39, 0.29) is 5.41 Å². The van der Waals surface area contributed by atoms with Crippen LogP contribution in [0.25, 0.3) is 0 Å². The molecular weight excluding hydrogens is 254 g/mol. The molecule has 0 amide bonds. The van der Waals surface area contributed by atoms with E-state index in [1.165, 1.54) is 37.7 Å². The minimum Gasteiger partial charge on any atom is -0.313 e. The molecular formula is C20H33N. The zero-order valence-corrected chi connectivity index (χ0v) is 14.4. The summed E-state index contributed by atoms with van der Waals surface area (Å²) in [6.45, 7) is 10.7. The normalized spacial score (nSPS) is 24.8. The van der Waals surface area contributed by atoms with E-state index in [1.54, 1.807) is 0 Å². The lowest BCUT2D eigenvalue weighted by Crippen LogP contribution is -2.50. The summed E-state index contributed by atoms with van der Waals surface area (Å²) < 4.78 is 0. The Morgan fingerprint density at radius 2 is 1.71 bits per heavy atom. The Kier molecular flexibility index (Phi) is 5.87. The number of rotatable bonds is 6. The lowest BCUT2D eigenvalue weighted by molar-refractivity contribution is 0.175. The van der Waals surface area contributed by atoms with Crippen LogP contribution in [0.2, 0.25) is 0 Å². The predicted octanol–water partition coefficient (Wildman–Crippen LogP) is 5.16. The van der Waals surface area contributed by atoms with Crippen LogP contribution >= 0.6 is 0 Å². The van der Waals surface area contributed by atoms with Crippen molar-refractivity contribution in [3.05, 3.63) is 35.9 Å². The van der Waals surface area contributed by atoms with Crippen molar-refractivity contribution in [1.29, 1.82) is 0 Å². The van der Waals surface area contributed by atoms with Crippen molar-refractivity contribution in [1.82, 2.24) is 5.32 Å². The van der Waals surface area contributed by atoms with Gasteiger partial charge in [0, 0.05) is 11.5 Å². The van der Waals surface area contributed by atoms with Crippen molar-refractivity contribution < 1.29 is 0 Å². The first kappa shape index (κ1) is 16.5. The second kappa shape index (κ2) is 7.45. The van der Waals surface area contributed by atoms with E-state index in [2.05, 4.69) is 63.3 Å². The van der Waals surface area contributed by atoms with Crippen LogP contribution in [-0.2, 0) is 5.41 Å².